The topological polar surface area (TPSA) is 167 Å². The molecule has 0 fully saturated rings. The molecule has 0 aromatic heterocycles. The van der Waals surface area contributed by atoms with Crippen LogP contribution in [0.3, 0.4) is 0 Å². The van der Waals surface area contributed by atoms with Crippen molar-refractivity contribution in [1.29, 1.82) is 0 Å². The summed E-state index contributed by atoms with van der Waals surface area (Å²) in [6, 6.07) is 9.54. The van der Waals surface area contributed by atoms with Crippen molar-refractivity contribution in [1.82, 2.24) is 9.80 Å². The van der Waals surface area contributed by atoms with Crippen molar-refractivity contribution in [2.45, 2.75) is 40.5 Å². The molecular formula is C36H40N4O6. The maximum Gasteiger partial charge on any atom is 0.336 e. The average molecular weight is 625 g/mol. The Morgan fingerprint density at radius 2 is 1.00 bits per heavy atom. The minimum absolute atomic E-state index is 0.119. The lowest BCUT2D eigenvalue weighted by atomic mass is 9.79. The van der Waals surface area contributed by atoms with Crippen LogP contribution in [-0.2, 0) is 12.8 Å². The highest BCUT2D eigenvalue weighted by Crippen LogP contribution is 2.47. The maximum atomic E-state index is 13.5. The number of carboxylic acid groups (broad SMARTS) is 2. The van der Waals surface area contributed by atoms with E-state index in [2.05, 4.69) is 37.5 Å². The smallest absolute Gasteiger partial charge is 0.336 e. The van der Waals surface area contributed by atoms with Gasteiger partial charge in [-0.3, -0.25) is 9.59 Å². The molecule has 0 atom stereocenters. The Morgan fingerprint density at radius 3 is 1.46 bits per heavy atom. The lowest BCUT2D eigenvalue weighted by Crippen LogP contribution is -2.29. The summed E-state index contributed by atoms with van der Waals surface area (Å²) in [7, 11) is 0. The van der Waals surface area contributed by atoms with Crippen LogP contribution in [-0.4, -0.2) is 83.0 Å². The van der Waals surface area contributed by atoms with Crippen molar-refractivity contribution in [2.24, 2.45) is 11.5 Å². The third-order valence-electron chi connectivity index (χ3n) is 9.51. The van der Waals surface area contributed by atoms with Gasteiger partial charge < -0.3 is 31.5 Å². The van der Waals surface area contributed by atoms with E-state index < -0.39 is 23.8 Å². The molecule has 0 heterocycles. The van der Waals surface area contributed by atoms with Gasteiger partial charge >= 0.3 is 11.9 Å². The molecule has 6 N–H and O–H groups in total. The quantitative estimate of drug-likeness (QED) is 0.0978. The fourth-order valence-corrected chi connectivity index (χ4v) is 7.18. The minimum Gasteiger partial charge on any atom is -0.478 e. The number of fused-ring (bicyclic) bond motifs is 2. The standard InChI is InChI=1S/C36H40N4O6/c1-5-39(6-2)17-15-21-22(16-18-40(7-3)8-4)32(34(38)42)31-24(33(37)41)12-9-20-19-10-13-25(35(43)44)29-26(36(45)46)14-11-23(27(19)29)28(21)30(20)31/h9-14H,5-8,15-18H2,1-4H3,(H2,37,41)(H2,38,42)(H,43,44)(H,45,46). The van der Waals surface area contributed by atoms with Crippen molar-refractivity contribution >= 4 is 66.8 Å². The highest BCUT2D eigenvalue weighted by Gasteiger charge is 2.29. The zero-order valence-corrected chi connectivity index (χ0v) is 26.7. The van der Waals surface area contributed by atoms with Gasteiger partial charge in [0.15, 0.2) is 0 Å². The van der Waals surface area contributed by atoms with E-state index in [9.17, 15) is 29.4 Å². The number of rotatable bonds is 14. The Labute approximate surface area is 266 Å². The predicted octanol–water partition coefficient (Wildman–Crippen LogP) is 5.10. The molecule has 10 nitrogen and oxygen atoms in total. The van der Waals surface area contributed by atoms with Crippen molar-refractivity contribution < 1.29 is 29.4 Å². The molecule has 0 bridgehead atoms. The second-order valence-electron chi connectivity index (χ2n) is 11.6. The van der Waals surface area contributed by atoms with Crippen LogP contribution in [0, 0.1) is 0 Å². The fourth-order valence-electron chi connectivity index (χ4n) is 7.18. The van der Waals surface area contributed by atoms with Gasteiger partial charge in [0.2, 0.25) is 11.8 Å². The molecule has 0 radical (unpaired) electrons. The van der Waals surface area contributed by atoms with Crippen molar-refractivity contribution in [3.8, 4) is 0 Å². The zero-order chi connectivity index (χ0) is 33.4. The summed E-state index contributed by atoms with van der Waals surface area (Å²) in [6.07, 6.45) is 1.01. The summed E-state index contributed by atoms with van der Waals surface area (Å²) in [5.41, 5.74) is 13.9. The van der Waals surface area contributed by atoms with Gasteiger partial charge in [0.1, 0.15) is 0 Å². The first kappa shape index (κ1) is 32.6. The van der Waals surface area contributed by atoms with Crippen LogP contribution in [0.4, 0.5) is 0 Å². The van der Waals surface area contributed by atoms with Crippen LogP contribution < -0.4 is 11.5 Å². The Kier molecular flexibility index (Phi) is 9.14. The molecule has 10 heteroatoms. The lowest BCUT2D eigenvalue weighted by molar-refractivity contribution is 0.0695. The van der Waals surface area contributed by atoms with Crippen molar-refractivity contribution in [3.63, 3.8) is 0 Å². The minimum atomic E-state index is -1.24. The van der Waals surface area contributed by atoms with Gasteiger partial charge in [-0.05, 0) is 101 Å². The zero-order valence-electron chi connectivity index (χ0n) is 26.7. The summed E-state index contributed by atoms with van der Waals surface area (Å²) < 4.78 is 0. The van der Waals surface area contributed by atoms with E-state index in [0.717, 1.165) is 42.7 Å². The molecule has 2 amide bonds. The summed E-state index contributed by atoms with van der Waals surface area (Å²) in [5.74, 6) is -3.85. The molecule has 0 saturated heterocycles. The van der Waals surface area contributed by atoms with E-state index in [4.69, 9.17) is 11.5 Å². The van der Waals surface area contributed by atoms with Crippen molar-refractivity contribution in [3.05, 3.63) is 69.8 Å². The molecule has 5 aromatic rings. The number of amides is 2. The largest absolute Gasteiger partial charge is 0.478 e. The third kappa shape index (κ3) is 5.27. The number of carbonyl (C=O) groups is 4. The molecule has 0 saturated carbocycles. The summed E-state index contributed by atoms with van der Waals surface area (Å²) in [4.78, 5) is 55.9. The molecule has 0 aliphatic rings. The fraction of sp³-hybridized carbons (Fsp3) is 0.333. The van der Waals surface area contributed by atoms with E-state index in [1.54, 1.807) is 24.3 Å². The van der Waals surface area contributed by atoms with E-state index in [1.165, 1.54) is 12.1 Å². The Hall–Kier alpha value is -4.80. The van der Waals surface area contributed by atoms with Crippen molar-refractivity contribution in [2.75, 3.05) is 39.3 Å². The number of carbonyl (C=O) groups excluding carboxylic acids is 2. The average Bonchev–Trinajstić information content (AvgIpc) is 3.03. The molecule has 0 aliphatic carbocycles. The monoisotopic (exact) mass is 624 g/mol. The molecule has 5 rings (SSSR count). The molecule has 0 aliphatic heterocycles. The van der Waals surface area contributed by atoms with Gasteiger partial charge in [-0.25, -0.2) is 9.59 Å². The summed E-state index contributed by atoms with van der Waals surface area (Å²) >= 11 is 0. The number of hydrogen-bond acceptors (Lipinski definition) is 6. The Bertz CT molecular complexity index is 2010. The van der Waals surface area contributed by atoms with Crippen LogP contribution in [0.15, 0.2) is 36.4 Å². The highest BCUT2D eigenvalue weighted by atomic mass is 16.4. The number of nitrogens with two attached hydrogens (primary N) is 2. The number of aromatic carboxylic acids is 2. The molecule has 0 spiro atoms. The molecular weight excluding hydrogens is 584 g/mol. The first-order valence-corrected chi connectivity index (χ1v) is 15.8. The number of carboxylic acids is 2. The summed E-state index contributed by atoms with van der Waals surface area (Å²) in [5, 5.41) is 24.6. The van der Waals surface area contributed by atoms with E-state index in [-0.39, 0.29) is 27.6 Å². The number of likely N-dealkylation sites (N-methyl/N-ethyl adjacent to an activating group) is 2. The predicted molar refractivity (Wildman–Crippen MR) is 182 cm³/mol. The Morgan fingerprint density at radius 1 is 0.543 bits per heavy atom. The molecule has 46 heavy (non-hydrogen) atoms. The van der Waals surface area contributed by atoms with Gasteiger partial charge in [-0.1, -0.05) is 45.9 Å². The third-order valence-corrected chi connectivity index (χ3v) is 9.51. The van der Waals surface area contributed by atoms with Gasteiger partial charge in [-0.2, -0.15) is 0 Å². The van der Waals surface area contributed by atoms with Gasteiger partial charge in [0, 0.05) is 29.4 Å². The van der Waals surface area contributed by atoms with Gasteiger partial charge in [-0.15, -0.1) is 0 Å². The maximum absolute atomic E-state index is 13.5. The Balaban J connectivity index is 2.11. The van der Waals surface area contributed by atoms with Crippen LogP contribution in [0.1, 0.15) is 80.3 Å². The molecule has 0 unspecified atom stereocenters. The van der Waals surface area contributed by atoms with Crippen LogP contribution in [0.5, 0.6) is 0 Å². The normalized spacial score (nSPS) is 12.0. The number of nitrogens with zero attached hydrogens (tertiary/aromatic N) is 2. The molecule has 240 valence electrons. The first-order valence-electron chi connectivity index (χ1n) is 15.8. The number of primary amides is 2. The second-order valence-corrected chi connectivity index (χ2v) is 11.6. The van der Waals surface area contributed by atoms with Gasteiger partial charge in [0.05, 0.1) is 16.7 Å². The highest BCUT2D eigenvalue weighted by molar-refractivity contribution is 6.39. The van der Waals surface area contributed by atoms with E-state index >= 15 is 0 Å². The number of benzene rings is 5. The summed E-state index contributed by atoms with van der Waals surface area (Å²) in [6.45, 7) is 12.8. The van der Waals surface area contributed by atoms with Crippen LogP contribution in [0.25, 0.3) is 43.1 Å². The van der Waals surface area contributed by atoms with Crippen LogP contribution in [0.2, 0.25) is 0 Å². The van der Waals surface area contributed by atoms with Gasteiger partial charge in [0.25, 0.3) is 0 Å². The first-order chi connectivity index (χ1) is 22.0. The van der Waals surface area contributed by atoms with E-state index in [1.807, 2.05) is 0 Å². The second kappa shape index (κ2) is 12.9. The SMILES string of the molecule is CCN(CC)CCc1c(C(N)=O)c2c(C(N)=O)ccc3c4ccc(C(=O)O)c5c(C(=O)O)ccc(c(c1CCN(CC)CC)c23)c54. The molecule has 5 aromatic carbocycles. The lowest BCUT2D eigenvalue weighted by Gasteiger charge is -2.27. The van der Waals surface area contributed by atoms with E-state index in [0.29, 0.717) is 58.2 Å². The van der Waals surface area contributed by atoms with Crippen LogP contribution >= 0.6 is 0 Å². The number of hydrogen-bond donors (Lipinski definition) is 4.